The molecule has 2 aromatic heterocycles. The van der Waals surface area contributed by atoms with Crippen molar-refractivity contribution in [3.63, 3.8) is 0 Å². The first kappa shape index (κ1) is 18.3. The molecule has 3 aromatic rings. The summed E-state index contributed by atoms with van der Waals surface area (Å²) in [6.07, 6.45) is 4.26. The lowest BCUT2D eigenvalue weighted by Gasteiger charge is -2.07. The quantitative estimate of drug-likeness (QED) is 0.479. The van der Waals surface area contributed by atoms with Crippen LogP contribution >= 0.6 is 7.80 Å². The fraction of sp³-hybridized carbons (Fsp3) is 0.389. The molecule has 7 nitrogen and oxygen atoms in total. The fourth-order valence-corrected chi connectivity index (χ4v) is 3.42. The predicted molar refractivity (Wildman–Crippen MR) is 103 cm³/mol. The molecular formula is C18H23N5O2P+. The molecule has 0 aliphatic rings. The molecule has 0 saturated heterocycles. The van der Waals surface area contributed by atoms with E-state index in [0.29, 0.717) is 36.3 Å². The van der Waals surface area contributed by atoms with Crippen LogP contribution < -0.4 is 10.5 Å². The Morgan fingerprint density at radius 1 is 1.27 bits per heavy atom. The van der Waals surface area contributed by atoms with Gasteiger partial charge in [0.1, 0.15) is 6.66 Å². The largest absolute Gasteiger partial charge is 0.463 e. The first-order valence-corrected chi connectivity index (χ1v) is 10.5. The molecule has 0 aliphatic heterocycles. The van der Waals surface area contributed by atoms with E-state index in [4.69, 9.17) is 10.5 Å². The second-order valence-corrected chi connectivity index (χ2v) is 7.82. The zero-order valence-electron chi connectivity index (χ0n) is 15.1. The van der Waals surface area contributed by atoms with Gasteiger partial charge in [0.25, 0.3) is 0 Å². The highest BCUT2D eigenvalue weighted by Crippen LogP contribution is 2.24. The summed E-state index contributed by atoms with van der Waals surface area (Å²) in [5, 5.41) is 0. The smallest absolute Gasteiger partial charge is 0.340 e. The summed E-state index contributed by atoms with van der Waals surface area (Å²) in [4.78, 5) is 13.0. The second kappa shape index (κ2) is 8.23. The lowest BCUT2D eigenvalue weighted by Crippen LogP contribution is -2.06. The van der Waals surface area contributed by atoms with Gasteiger partial charge >= 0.3 is 13.8 Å². The minimum atomic E-state index is -1.21. The number of rotatable bonds is 8. The molecule has 3 rings (SSSR count). The minimum Gasteiger partial charge on any atom is -0.463 e. The number of anilines is 1. The van der Waals surface area contributed by atoms with Crippen molar-refractivity contribution in [3.05, 3.63) is 41.7 Å². The summed E-state index contributed by atoms with van der Waals surface area (Å²) in [7, 11) is -1.21. The van der Waals surface area contributed by atoms with Gasteiger partial charge in [0.05, 0.1) is 19.5 Å². The van der Waals surface area contributed by atoms with Crippen LogP contribution in [-0.4, -0.2) is 32.8 Å². The van der Waals surface area contributed by atoms with Crippen molar-refractivity contribution < 1.29 is 9.30 Å². The zero-order chi connectivity index (χ0) is 18.5. The van der Waals surface area contributed by atoms with Gasteiger partial charge in [-0.05, 0) is 23.6 Å². The van der Waals surface area contributed by atoms with Crippen LogP contribution in [0.1, 0.15) is 30.9 Å². The number of ether oxygens (including phenoxy) is 1. The lowest BCUT2D eigenvalue weighted by molar-refractivity contribution is 0.286. The Kier molecular flexibility index (Phi) is 5.78. The molecule has 8 heteroatoms. The van der Waals surface area contributed by atoms with Gasteiger partial charge in [-0.1, -0.05) is 36.1 Å². The van der Waals surface area contributed by atoms with Crippen molar-refractivity contribution in [2.45, 2.75) is 32.5 Å². The summed E-state index contributed by atoms with van der Waals surface area (Å²) in [6, 6.07) is 8.34. The second-order valence-electron chi connectivity index (χ2n) is 6.24. The van der Waals surface area contributed by atoms with Gasteiger partial charge in [-0.3, -0.25) is 0 Å². The normalized spacial score (nSPS) is 11.7. The third-order valence-electron chi connectivity index (χ3n) is 3.95. The maximum atomic E-state index is 11.5. The van der Waals surface area contributed by atoms with Gasteiger partial charge < -0.3 is 15.0 Å². The molecule has 0 radical (unpaired) electrons. The first-order valence-electron chi connectivity index (χ1n) is 8.64. The molecule has 2 heterocycles. The highest BCUT2D eigenvalue weighted by molar-refractivity contribution is 7.42. The number of unbranched alkanes of at least 4 members (excludes halogenated alkanes) is 1. The van der Waals surface area contributed by atoms with Crippen molar-refractivity contribution in [2.75, 3.05) is 19.0 Å². The Hall–Kier alpha value is -2.53. The van der Waals surface area contributed by atoms with Crippen LogP contribution in [-0.2, 0) is 17.3 Å². The number of hydrogen-bond acceptors (Lipinski definition) is 6. The molecule has 0 fully saturated rings. The lowest BCUT2D eigenvalue weighted by atomic mass is 10.1. The molecule has 26 heavy (non-hydrogen) atoms. The third kappa shape index (κ3) is 4.35. The number of hydrogen-bond donors (Lipinski definition) is 1. The van der Waals surface area contributed by atoms with E-state index in [0.717, 1.165) is 24.0 Å². The van der Waals surface area contributed by atoms with Crippen molar-refractivity contribution in [2.24, 2.45) is 0 Å². The van der Waals surface area contributed by atoms with Gasteiger partial charge in [0.2, 0.25) is 0 Å². The Balaban J connectivity index is 1.87. The van der Waals surface area contributed by atoms with Crippen molar-refractivity contribution >= 4 is 24.8 Å². The minimum absolute atomic E-state index is 0.280. The summed E-state index contributed by atoms with van der Waals surface area (Å²) in [5.74, 6) is 0.317. The highest BCUT2D eigenvalue weighted by Gasteiger charge is 2.13. The molecule has 0 aliphatic carbocycles. The van der Waals surface area contributed by atoms with Crippen LogP contribution in [0.5, 0.6) is 6.01 Å². The molecular weight excluding hydrogens is 349 g/mol. The van der Waals surface area contributed by atoms with Gasteiger partial charge in [0.15, 0.2) is 23.1 Å². The molecule has 1 unspecified atom stereocenters. The number of nitrogens with two attached hydrogens (primary N) is 1. The molecule has 1 aromatic carbocycles. The van der Waals surface area contributed by atoms with E-state index in [1.165, 1.54) is 0 Å². The maximum absolute atomic E-state index is 11.5. The summed E-state index contributed by atoms with van der Waals surface area (Å²) < 4.78 is 19.0. The van der Waals surface area contributed by atoms with E-state index in [1.54, 1.807) is 13.0 Å². The van der Waals surface area contributed by atoms with Crippen LogP contribution in [0.15, 0.2) is 30.6 Å². The Morgan fingerprint density at radius 2 is 2.08 bits per heavy atom. The molecule has 2 N–H and O–H groups in total. The van der Waals surface area contributed by atoms with Gasteiger partial charge in [-0.25, -0.2) is 4.98 Å². The highest BCUT2D eigenvalue weighted by atomic mass is 31.1. The van der Waals surface area contributed by atoms with E-state index < -0.39 is 7.80 Å². The molecule has 0 amide bonds. The van der Waals surface area contributed by atoms with Gasteiger partial charge in [-0.2, -0.15) is 9.97 Å². The number of aromatic nitrogens is 4. The van der Waals surface area contributed by atoms with Crippen LogP contribution in [0.25, 0.3) is 11.2 Å². The van der Waals surface area contributed by atoms with Gasteiger partial charge in [-0.15, -0.1) is 0 Å². The summed E-state index contributed by atoms with van der Waals surface area (Å²) in [5.41, 5.74) is 9.38. The maximum Gasteiger partial charge on any atom is 0.340 e. The molecule has 136 valence electrons. The monoisotopic (exact) mass is 372 g/mol. The average molecular weight is 372 g/mol. The van der Waals surface area contributed by atoms with Crippen LogP contribution in [0.4, 0.5) is 5.82 Å². The molecule has 0 spiro atoms. The number of fused-ring (bicyclic) bond motifs is 1. The molecule has 1 atom stereocenters. The van der Waals surface area contributed by atoms with Crippen molar-refractivity contribution in [1.82, 2.24) is 19.5 Å². The van der Waals surface area contributed by atoms with E-state index in [9.17, 15) is 4.57 Å². The van der Waals surface area contributed by atoms with Crippen LogP contribution in [0.2, 0.25) is 0 Å². The Labute approximate surface area is 153 Å². The molecule has 0 bridgehead atoms. The van der Waals surface area contributed by atoms with Crippen LogP contribution in [0, 0.1) is 0 Å². The van der Waals surface area contributed by atoms with E-state index in [-0.39, 0.29) is 6.01 Å². The topological polar surface area (TPSA) is 95.9 Å². The van der Waals surface area contributed by atoms with E-state index in [1.807, 2.05) is 22.8 Å². The molecule has 0 saturated carbocycles. The summed E-state index contributed by atoms with van der Waals surface area (Å²) >= 11 is 0. The Morgan fingerprint density at radius 3 is 2.85 bits per heavy atom. The zero-order valence-corrected chi connectivity index (χ0v) is 15.9. The first-order chi connectivity index (χ1) is 12.6. The number of nitrogens with zero attached hydrogens (tertiary/aromatic N) is 4. The summed E-state index contributed by atoms with van der Waals surface area (Å²) in [6.45, 7) is 4.99. The number of imidazole rings is 1. The van der Waals surface area contributed by atoms with Crippen molar-refractivity contribution in [1.29, 1.82) is 0 Å². The van der Waals surface area contributed by atoms with Crippen LogP contribution in [0.3, 0.4) is 0 Å². The third-order valence-corrected chi connectivity index (χ3v) is 4.76. The van der Waals surface area contributed by atoms with Gasteiger partial charge in [0, 0.05) is 0 Å². The number of nitrogen functional groups attached to an aromatic ring is 1. The van der Waals surface area contributed by atoms with Crippen molar-refractivity contribution in [3.8, 4) is 6.01 Å². The van der Waals surface area contributed by atoms with E-state index in [2.05, 4.69) is 27.9 Å². The Bertz CT molecular complexity index is 925. The number of benzene rings is 1. The predicted octanol–water partition coefficient (Wildman–Crippen LogP) is 3.59. The average Bonchev–Trinajstić information content (AvgIpc) is 2.98. The standard InChI is InChI=1S/C18H23N5O2P/c1-3-4-8-25-18-21-16(19)15-17(22-18)23(12-20-15)10-13-6-5-7-14(9-13)11-26(2)24/h5-7,9,12H,3-4,8,10-11H2,1-2H3,(H2,19,21,22)/q+1. The fourth-order valence-electron chi connectivity index (χ4n) is 2.71. The SMILES string of the molecule is CCCCOc1nc(N)c2ncn(Cc3cccc(C[P+](C)=O)c3)c2n1. The van der Waals surface area contributed by atoms with E-state index >= 15 is 0 Å².